The average molecular weight is 282 g/mol. The van der Waals surface area contributed by atoms with Gasteiger partial charge in [-0.1, -0.05) is 6.92 Å². The Morgan fingerprint density at radius 3 is 2.64 bits per heavy atom. The van der Waals surface area contributed by atoms with Crippen molar-refractivity contribution >= 4 is 37.8 Å². The topological polar surface area (TPSA) is 91.3 Å². The van der Waals surface area contributed by atoms with Crippen LogP contribution in [0, 0.1) is 0 Å². The largest absolute Gasteiger partial charge is 0.495 e. The summed E-state index contributed by atoms with van der Waals surface area (Å²) in [6, 6.07) is 0. The lowest BCUT2D eigenvalue weighted by molar-refractivity contribution is 0.199. The Morgan fingerprint density at radius 2 is 2.00 bits per heavy atom. The fourth-order valence-corrected chi connectivity index (χ4v) is 5.60. The van der Waals surface area contributed by atoms with E-state index in [4.69, 9.17) is 9.42 Å². The van der Waals surface area contributed by atoms with Gasteiger partial charge in [-0.05, 0) is 6.42 Å². The van der Waals surface area contributed by atoms with E-state index in [1.165, 1.54) is 0 Å². The summed E-state index contributed by atoms with van der Waals surface area (Å²) in [7, 11) is -8.35. The van der Waals surface area contributed by atoms with Gasteiger partial charge in [-0.25, -0.2) is 17.1 Å². The predicted molar refractivity (Wildman–Crippen MR) is 52.1 cm³/mol. The number of phosphoric acid groups is 2. The van der Waals surface area contributed by atoms with E-state index in [1.807, 2.05) is 0 Å². The van der Waals surface area contributed by atoms with E-state index in [1.54, 1.807) is 6.92 Å². The van der Waals surface area contributed by atoms with Crippen LogP contribution in [-0.2, 0) is 25.9 Å². The molecule has 0 aliphatic carbocycles. The van der Waals surface area contributed by atoms with Crippen LogP contribution >= 0.6 is 37.8 Å². The van der Waals surface area contributed by atoms with Crippen LogP contribution in [0.15, 0.2) is 0 Å². The predicted octanol–water partition coefficient (Wildman–Crippen LogP) is 2.90. The molecule has 7 nitrogen and oxygen atoms in total. The quantitative estimate of drug-likeness (QED) is 0.476. The Hall–Kier alpha value is 0.960. The van der Waals surface area contributed by atoms with Crippen molar-refractivity contribution in [1.29, 1.82) is 0 Å². The van der Waals surface area contributed by atoms with Gasteiger partial charge in [0.1, 0.15) is 22.1 Å². The highest BCUT2D eigenvalue weighted by Gasteiger charge is 2.42. The maximum atomic E-state index is 11.5. The summed E-state index contributed by atoms with van der Waals surface area (Å²) in [6.45, 7) is 1.88. The lowest BCUT2D eigenvalue weighted by atomic mass is 10.5. The molecule has 1 aliphatic heterocycles. The van der Waals surface area contributed by atoms with Crippen LogP contribution in [0.3, 0.4) is 0 Å². The average Bonchev–Trinajstić information content (AvgIpc) is 2.21. The minimum atomic E-state index is -4.36. The molecule has 11 heteroatoms. The van der Waals surface area contributed by atoms with E-state index in [2.05, 4.69) is 12.3 Å². The first-order chi connectivity index (χ1) is 6.47. The molecule has 0 bridgehead atoms. The molecule has 1 aliphatic rings. The zero-order valence-corrected chi connectivity index (χ0v) is 10.4. The molecular weight excluding hydrogens is 274 g/mol. The second-order valence-corrected chi connectivity index (χ2v) is 7.14. The van der Waals surface area contributed by atoms with E-state index in [0.29, 0.717) is 28.6 Å². The zero-order chi connectivity index (χ0) is 10.7. The van der Waals surface area contributed by atoms with Crippen LogP contribution in [-0.4, -0.2) is 11.5 Å². The smallest absolute Gasteiger partial charge is 0.302 e. The van der Waals surface area contributed by atoms with Crippen LogP contribution < -0.4 is 0 Å². The summed E-state index contributed by atoms with van der Waals surface area (Å²) >= 11 is 0.987. The van der Waals surface area contributed by atoms with Crippen molar-refractivity contribution in [2.24, 2.45) is 0 Å². The van der Waals surface area contributed by atoms with Crippen molar-refractivity contribution in [2.75, 3.05) is 6.61 Å². The molecule has 1 fully saturated rings. The van der Waals surface area contributed by atoms with E-state index in [-0.39, 0.29) is 6.61 Å². The molecule has 14 heavy (non-hydrogen) atoms. The van der Waals surface area contributed by atoms with Gasteiger partial charge < -0.3 is 4.89 Å². The molecule has 0 spiro atoms. The molecule has 2 unspecified atom stereocenters. The van der Waals surface area contributed by atoms with Gasteiger partial charge >= 0.3 is 15.6 Å². The van der Waals surface area contributed by atoms with Crippen LogP contribution in [0.1, 0.15) is 13.3 Å². The van der Waals surface area contributed by atoms with Crippen molar-refractivity contribution in [3.63, 3.8) is 0 Å². The van der Waals surface area contributed by atoms with Gasteiger partial charge in [-0.3, -0.25) is 4.52 Å². The van der Waals surface area contributed by atoms with E-state index < -0.39 is 15.6 Å². The van der Waals surface area contributed by atoms with Gasteiger partial charge in [0.15, 0.2) is 0 Å². The third kappa shape index (κ3) is 4.22. The first-order valence-corrected chi connectivity index (χ1v) is 8.43. The van der Waals surface area contributed by atoms with Crippen molar-refractivity contribution < 1.29 is 30.8 Å². The Labute approximate surface area is 88.9 Å². The Morgan fingerprint density at radius 1 is 1.36 bits per heavy atom. The Balaban J connectivity index is 2.66. The molecule has 0 aromatic carbocycles. The Kier molecular flexibility index (Phi) is 4.97. The molecular formula is C3H8O7P2S2. The fourth-order valence-electron chi connectivity index (χ4n) is 0.502. The number of hydrogen-bond donors (Lipinski definition) is 1. The highest BCUT2D eigenvalue weighted by Crippen LogP contribution is 2.70. The number of hydrogen-bond acceptors (Lipinski definition) is 8. The second-order valence-electron chi connectivity index (χ2n) is 2.12. The molecule has 0 saturated carbocycles. The van der Waals surface area contributed by atoms with Gasteiger partial charge in [0.2, 0.25) is 0 Å². The maximum Gasteiger partial charge on any atom is 0.495 e. The van der Waals surface area contributed by atoms with Crippen LogP contribution in [0.25, 0.3) is 0 Å². The van der Waals surface area contributed by atoms with Gasteiger partial charge in [-0.15, -0.1) is 0 Å². The lowest BCUT2D eigenvalue weighted by Gasteiger charge is -2.13. The van der Waals surface area contributed by atoms with Crippen LogP contribution in [0.4, 0.5) is 0 Å². The van der Waals surface area contributed by atoms with Crippen molar-refractivity contribution in [1.82, 2.24) is 0 Å². The molecule has 1 heterocycles. The van der Waals surface area contributed by atoms with Crippen molar-refractivity contribution in [3.05, 3.63) is 0 Å². The van der Waals surface area contributed by atoms with Crippen LogP contribution in [0.5, 0.6) is 0 Å². The first kappa shape index (κ1) is 13.0. The monoisotopic (exact) mass is 282 g/mol. The SMILES string of the molecule is CCCOP1(=O)OSSOP(=O)(O)O1. The molecule has 0 amide bonds. The number of rotatable bonds is 3. The summed E-state index contributed by atoms with van der Waals surface area (Å²) in [5.41, 5.74) is 0. The van der Waals surface area contributed by atoms with E-state index in [0.717, 1.165) is 0 Å². The standard InChI is InChI=1S/C3H8O7P2S2/c1-2-3-7-12(6)8-11(4,5)9-13-14-10-12/h2-3H2,1H3,(H,4,5). The van der Waals surface area contributed by atoms with Gasteiger partial charge in [0, 0.05) is 0 Å². The molecule has 1 rings (SSSR count). The fraction of sp³-hybridized carbons (Fsp3) is 1.00. The normalized spacial score (nSPS) is 39.3. The maximum absolute atomic E-state index is 11.5. The molecule has 84 valence electrons. The molecule has 0 aromatic heterocycles. The minimum absolute atomic E-state index is 0.0997. The summed E-state index contributed by atoms with van der Waals surface area (Å²) < 4.78 is 40.3. The van der Waals surface area contributed by atoms with Gasteiger partial charge in [-0.2, -0.15) is 4.31 Å². The Bertz CT molecular complexity index is 282. The molecule has 2 atom stereocenters. The summed E-state index contributed by atoms with van der Waals surface area (Å²) in [4.78, 5) is 8.93. The minimum Gasteiger partial charge on any atom is -0.302 e. The highest BCUT2D eigenvalue weighted by molar-refractivity contribution is 8.74. The van der Waals surface area contributed by atoms with E-state index >= 15 is 0 Å². The zero-order valence-electron chi connectivity index (χ0n) is 7.02. The molecule has 1 N–H and O–H groups in total. The third-order valence-electron chi connectivity index (χ3n) is 0.931. The summed E-state index contributed by atoms with van der Waals surface area (Å²) in [5.74, 6) is 0. The van der Waals surface area contributed by atoms with Crippen molar-refractivity contribution in [2.45, 2.75) is 13.3 Å². The summed E-state index contributed by atoms with van der Waals surface area (Å²) in [6.07, 6.45) is 0.575. The van der Waals surface area contributed by atoms with E-state index in [9.17, 15) is 9.13 Å². The third-order valence-corrected chi connectivity index (χ3v) is 6.34. The summed E-state index contributed by atoms with van der Waals surface area (Å²) in [5, 5.41) is 0. The van der Waals surface area contributed by atoms with Crippen molar-refractivity contribution in [3.8, 4) is 0 Å². The van der Waals surface area contributed by atoms with Gasteiger partial charge in [0.25, 0.3) is 0 Å². The molecule has 0 aromatic rings. The second kappa shape index (κ2) is 5.34. The lowest BCUT2D eigenvalue weighted by Crippen LogP contribution is -1.95. The van der Waals surface area contributed by atoms with Crippen LogP contribution in [0.2, 0.25) is 0 Å². The molecule has 1 saturated heterocycles. The van der Waals surface area contributed by atoms with Gasteiger partial charge in [0.05, 0.1) is 6.61 Å². The first-order valence-electron chi connectivity index (χ1n) is 3.47. The molecule has 0 radical (unpaired) electrons. The highest BCUT2D eigenvalue weighted by atomic mass is 33.1.